The summed E-state index contributed by atoms with van der Waals surface area (Å²) in [6, 6.07) is 16.5. The molecule has 0 unspecified atom stereocenters. The smallest absolute Gasteiger partial charge is 0.314 e. The number of rotatable bonds is 6. The molecule has 1 heterocycles. The monoisotopic (exact) mass is 393 g/mol. The third-order valence-corrected chi connectivity index (χ3v) is 5.59. The SMILES string of the molecule is CCOC(=O)[C@]1(Cc2ccccc2C)CCCN(C(=O)C(=O)c2ccccc2)C1. The van der Waals surface area contributed by atoms with Gasteiger partial charge in [-0.05, 0) is 44.2 Å². The molecule has 1 aliphatic rings. The summed E-state index contributed by atoms with van der Waals surface area (Å²) < 4.78 is 5.41. The third kappa shape index (κ3) is 4.56. The first-order chi connectivity index (χ1) is 14.0. The second-order valence-electron chi connectivity index (χ2n) is 7.63. The van der Waals surface area contributed by atoms with Crippen molar-refractivity contribution in [1.82, 2.24) is 4.90 Å². The van der Waals surface area contributed by atoms with Crippen molar-refractivity contribution in [2.45, 2.75) is 33.1 Å². The number of amides is 1. The predicted molar refractivity (Wildman–Crippen MR) is 111 cm³/mol. The van der Waals surface area contributed by atoms with Crippen LogP contribution in [-0.4, -0.2) is 42.3 Å². The van der Waals surface area contributed by atoms with E-state index in [0.717, 1.165) is 11.1 Å². The fourth-order valence-electron chi connectivity index (χ4n) is 4.00. The number of Topliss-reactive ketones (excluding diaryl/α,β-unsaturated/α-hetero) is 1. The normalized spacial score (nSPS) is 18.9. The number of likely N-dealkylation sites (tertiary alicyclic amines) is 1. The van der Waals surface area contributed by atoms with Crippen LogP contribution in [0.1, 0.15) is 41.3 Å². The van der Waals surface area contributed by atoms with Crippen LogP contribution in [0.4, 0.5) is 0 Å². The summed E-state index contributed by atoms with van der Waals surface area (Å²) >= 11 is 0. The molecule has 1 atom stereocenters. The summed E-state index contributed by atoms with van der Waals surface area (Å²) in [6.45, 7) is 4.73. The second-order valence-corrected chi connectivity index (χ2v) is 7.63. The predicted octanol–water partition coefficient (Wildman–Crippen LogP) is 3.59. The van der Waals surface area contributed by atoms with E-state index in [-0.39, 0.29) is 19.1 Å². The highest BCUT2D eigenvalue weighted by Gasteiger charge is 2.45. The van der Waals surface area contributed by atoms with Crippen LogP contribution in [0.15, 0.2) is 54.6 Å². The number of piperidine rings is 1. The number of hydrogen-bond acceptors (Lipinski definition) is 4. The van der Waals surface area contributed by atoms with Gasteiger partial charge in [-0.1, -0.05) is 54.6 Å². The molecular formula is C24H27NO4. The summed E-state index contributed by atoms with van der Waals surface area (Å²) in [6.07, 6.45) is 1.77. The van der Waals surface area contributed by atoms with Crippen molar-refractivity contribution in [2.24, 2.45) is 5.41 Å². The zero-order chi connectivity index (χ0) is 20.9. The Morgan fingerprint density at radius 3 is 2.41 bits per heavy atom. The summed E-state index contributed by atoms with van der Waals surface area (Å²) in [7, 11) is 0. The number of esters is 1. The van der Waals surface area contributed by atoms with Crippen molar-refractivity contribution in [3.8, 4) is 0 Å². The van der Waals surface area contributed by atoms with Gasteiger partial charge in [0, 0.05) is 18.7 Å². The van der Waals surface area contributed by atoms with Crippen LogP contribution in [-0.2, 0) is 20.7 Å². The van der Waals surface area contributed by atoms with E-state index in [4.69, 9.17) is 4.74 Å². The lowest BCUT2D eigenvalue weighted by molar-refractivity contribution is -0.160. The molecule has 1 fully saturated rings. The van der Waals surface area contributed by atoms with Gasteiger partial charge in [0.25, 0.3) is 5.91 Å². The maximum Gasteiger partial charge on any atom is 0.314 e. The molecule has 0 saturated carbocycles. The zero-order valence-electron chi connectivity index (χ0n) is 17.0. The van der Waals surface area contributed by atoms with Crippen molar-refractivity contribution >= 4 is 17.7 Å². The third-order valence-electron chi connectivity index (χ3n) is 5.59. The van der Waals surface area contributed by atoms with E-state index in [0.29, 0.717) is 31.4 Å². The van der Waals surface area contributed by atoms with Crippen molar-refractivity contribution in [1.29, 1.82) is 0 Å². The van der Waals surface area contributed by atoms with Gasteiger partial charge in [-0.2, -0.15) is 0 Å². The number of benzene rings is 2. The largest absolute Gasteiger partial charge is 0.466 e. The van der Waals surface area contributed by atoms with Gasteiger partial charge >= 0.3 is 5.97 Å². The molecule has 152 valence electrons. The molecule has 3 rings (SSSR count). The Morgan fingerprint density at radius 1 is 1.03 bits per heavy atom. The summed E-state index contributed by atoms with van der Waals surface area (Å²) in [5.74, 6) is -1.40. The van der Waals surface area contributed by atoms with Gasteiger partial charge in [0.05, 0.1) is 12.0 Å². The average molecular weight is 393 g/mol. The minimum absolute atomic E-state index is 0.192. The van der Waals surface area contributed by atoms with Gasteiger partial charge in [0.2, 0.25) is 5.78 Å². The maximum atomic E-state index is 13.0. The van der Waals surface area contributed by atoms with Crippen LogP contribution in [0.3, 0.4) is 0 Å². The summed E-state index contributed by atoms with van der Waals surface area (Å²) in [5, 5.41) is 0. The summed E-state index contributed by atoms with van der Waals surface area (Å²) in [4.78, 5) is 40.1. The minimum atomic E-state index is -0.840. The molecular weight excluding hydrogens is 366 g/mol. The standard InChI is InChI=1S/C24H27NO4/c1-3-29-23(28)24(16-20-13-8-7-10-18(20)2)14-9-15-25(17-24)22(27)21(26)19-11-5-4-6-12-19/h4-8,10-13H,3,9,14-17H2,1-2H3/t24-/m0/s1. The van der Waals surface area contributed by atoms with Crippen LogP contribution in [0.25, 0.3) is 0 Å². The Morgan fingerprint density at radius 2 is 1.72 bits per heavy atom. The number of carbonyl (C=O) groups is 3. The van der Waals surface area contributed by atoms with Crippen LogP contribution in [0, 0.1) is 12.3 Å². The maximum absolute atomic E-state index is 13.0. The fraction of sp³-hybridized carbons (Fsp3) is 0.375. The molecule has 1 aliphatic heterocycles. The molecule has 29 heavy (non-hydrogen) atoms. The van der Waals surface area contributed by atoms with E-state index in [9.17, 15) is 14.4 Å². The fourth-order valence-corrected chi connectivity index (χ4v) is 4.00. The first-order valence-electron chi connectivity index (χ1n) is 10.1. The number of ether oxygens (including phenoxy) is 1. The van der Waals surface area contributed by atoms with E-state index in [1.54, 1.807) is 37.3 Å². The lowest BCUT2D eigenvalue weighted by Gasteiger charge is -2.41. The Bertz CT molecular complexity index is 893. The van der Waals surface area contributed by atoms with Crippen LogP contribution in [0.5, 0.6) is 0 Å². The lowest BCUT2D eigenvalue weighted by atomic mass is 9.74. The number of ketones is 1. The van der Waals surface area contributed by atoms with E-state index < -0.39 is 17.1 Å². The Kier molecular flexibility index (Phi) is 6.47. The first kappa shape index (κ1) is 20.8. The van der Waals surface area contributed by atoms with Crippen molar-refractivity contribution < 1.29 is 19.1 Å². The molecule has 0 spiro atoms. The number of aryl methyl sites for hydroxylation is 1. The Hall–Kier alpha value is -2.95. The summed E-state index contributed by atoms with van der Waals surface area (Å²) in [5.41, 5.74) is 1.68. The lowest BCUT2D eigenvalue weighted by Crippen LogP contribution is -2.53. The highest BCUT2D eigenvalue weighted by Crippen LogP contribution is 2.36. The molecule has 2 aromatic rings. The molecule has 1 amide bonds. The molecule has 0 aromatic heterocycles. The van der Waals surface area contributed by atoms with Crippen molar-refractivity contribution in [3.63, 3.8) is 0 Å². The first-order valence-corrected chi connectivity index (χ1v) is 10.1. The molecule has 0 radical (unpaired) electrons. The Labute approximate surface area is 171 Å². The van der Waals surface area contributed by atoms with E-state index in [1.807, 2.05) is 31.2 Å². The average Bonchev–Trinajstić information content (AvgIpc) is 2.75. The molecule has 1 saturated heterocycles. The molecule has 5 nitrogen and oxygen atoms in total. The van der Waals surface area contributed by atoms with E-state index >= 15 is 0 Å². The molecule has 0 aliphatic carbocycles. The molecule has 0 N–H and O–H groups in total. The van der Waals surface area contributed by atoms with Gasteiger partial charge in [-0.25, -0.2) is 0 Å². The van der Waals surface area contributed by atoms with Gasteiger partial charge in [-0.3, -0.25) is 14.4 Å². The highest BCUT2D eigenvalue weighted by atomic mass is 16.5. The second kappa shape index (κ2) is 9.03. The van der Waals surface area contributed by atoms with Crippen LogP contribution in [0.2, 0.25) is 0 Å². The van der Waals surface area contributed by atoms with E-state index in [1.165, 1.54) is 4.90 Å². The quantitative estimate of drug-likeness (QED) is 0.427. The minimum Gasteiger partial charge on any atom is -0.466 e. The van der Waals surface area contributed by atoms with Crippen LogP contribution < -0.4 is 0 Å². The molecule has 2 aromatic carbocycles. The number of hydrogen-bond donors (Lipinski definition) is 0. The van der Waals surface area contributed by atoms with Crippen molar-refractivity contribution in [3.05, 3.63) is 71.3 Å². The Balaban J connectivity index is 1.87. The van der Waals surface area contributed by atoms with E-state index in [2.05, 4.69) is 0 Å². The van der Waals surface area contributed by atoms with Gasteiger partial charge in [0.1, 0.15) is 0 Å². The highest BCUT2D eigenvalue weighted by molar-refractivity contribution is 6.42. The zero-order valence-corrected chi connectivity index (χ0v) is 17.0. The van der Waals surface area contributed by atoms with Gasteiger partial charge in [0.15, 0.2) is 0 Å². The van der Waals surface area contributed by atoms with Crippen molar-refractivity contribution in [2.75, 3.05) is 19.7 Å². The topological polar surface area (TPSA) is 63.7 Å². The number of nitrogens with zero attached hydrogens (tertiary/aromatic N) is 1. The molecule has 0 bridgehead atoms. The van der Waals surface area contributed by atoms with Gasteiger partial charge in [-0.15, -0.1) is 0 Å². The van der Waals surface area contributed by atoms with Crippen LogP contribution >= 0.6 is 0 Å². The number of carbonyl (C=O) groups excluding carboxylic acids is 3. The molecule has 5 heteroatoms. The van der Waals surface area contributed by atoms with Gasteiger partial charge < -0.3 is 9.64 Å².